The molecule has 0 amide bonds. The van der Waals surface area contributed by atoms with Gasteiger partial charge >= 0.3 is 5.97 Å². The highest BCUT2D eigenvalue weighted by molar-refractivity contribution is 7.19. The highest BCUT2D eigenvalue weighted by Crippen LogP contribution is 2.32. The van der Waals surface area contributed by atoms with Gasteiger partial charge in [-0.15, -0.1) is 11.3 Å². The van der Waals surface area contributed by atoms with Crippen LogP contribution in [0, 0.1) is 5.92 Å². The number of aromatic carboxylic acids is 1. The van der Waals surface area contributed by atoms with Crippen LogP contribution >= 0.6 is 22.9 Å². The van der Waals surface area contributed by atoms with Gasteiger partial charge < -0.3 is 5.11 Å². The van der Waals surface area contributed by atoms with Gasteiger partial charge in [-0.25, -0.2) is 4.79 Å². The van der Waals surface area contributed by atoms with Crippen LogP contribution in [0.2, 0.25) is 4.34 Å². The predicted octanol–water partition coefficient (Wildman–Crippen LogP) is 3.62. The maximum absolute atomic E-state index is 11.2. The maximum atomic E-state index is 11.2. The van der Waals surface area contributed by atoms with Gasteiger partial charge in [0.15, 0.2) is 0 Å². The zero-order valence-corrected chi connectivity index (χ0v) is 11.6. The SMILES string of the molecule is CC(C)Cn1cc(C(=O)O)c(-c2ccc(Cl)s2)n1. The van der Waals surface area contributed by atoms with Crippen LogP contribution in [0.5, 0.6) is 0 Å². The van der Waals surface area contributed by atoms with Crippen LogP contribution in [0.15, 0.2) is 18.3 Å². The molecule has 2 heterocycles. The van der Waals surface area contributed by atoms with Gasteiger partial charge in [0.2, 0.25) is 0 Å². The number of carboxylic acid groups (broad SMARTS) is 1. The van der Waals surface area contributed by atoms with Crippen LogP contribution in [0.3, 0.4) is 0 Å². The summed E-state index contributed by atoms with van der Waals surface area (Å²) in [5.41, 5.74) is 0.703. The van der Waals surface area contributed by atoms with Gasteiger partial charge in [-0.3, -0.25) is 4.68 Å². The smallest absolute Gasteiger partial charge is 0.339 e. The van der Waals surface area contributed by atoms with Gasteiger partial charge in [-0.1, -0.05) is 25.4 Å². The topological polar surface area (TPSA) is 55.1 Å². The number of hydrogen-bond donors (Lipinski definition) is 1. The molecule has 0 fully saturated rings. The average molecular weight is 285 g/mol. The van der Waals surface area contributed by atoms with Gasteiger partial charge in [-0.05, 0) is 18.1 Å². The van der Waals surface area contributed by atoms with Gasteiger partial charge in [-0.2, -0.15) is 5.10 Å². The summed E-state index contributed by atoms with van der Waals surface area (Å²) in [6.45, 7) is 4.81. The van der Waals surface area contributed by atoms with E-state index in [0.29, 0.717) is 22.5 Å². The molecule has 0 unspecified atom stereocenters. The molecule has 0 saturated carbocycles. The van der Waals surface area contributed by atoms with Crippen molar-refractivity contribution in [3.8, 4) is 10.6 Å². The van der Waals surface area contributed by atoms with E-state index in [2.05, 4.69) is 18.9 Å². The first kappa shape index (κ1) is 13.1. The van der Waals surface area contributed by atoms with Crippen LogP contribution in [-0.2, 0) is 6.54 Å². The molecular formula is C12H13ClN2O2S. The first-order chi connectivity index (χ1) is 8.47. The molecule has 0 aliphatic heterocycles. The largest absolute Gasteiger partial charge is 0.478 e. The second-order valence-electron chi connectivity index (χ2n) is 4.42. The summed E-state index contributed by atoms with van der Waals surface area (Å²) >= 11 is 7.20. The van der Waals surface area contributed by atoms with E-state index in [4.69, 9.17) is 11.6 Å². The summed E-state index contributed by atoms with van der Waals surface area (Å²) in [5, 5.41) is 13.5. The molecule has 0 aliphatic rings. The van der Waals surface area contributed by atoms with Gasteiger partial charge in [0.25, 0.3) is 0 Å². The number of carboxylic acids is 1. The molecule has 2 rings (SSSR count). The first-order valence-corrected chi connectivity index (χ1v) is 6.73. The summed E-state index contributed by atoms with van der Waals surface area (Å²) in [5.74, 6) is -0.559. The van der Waals surface area contributed by atoms with E-state index >= 15 is 0 Å². The minimum Gasteiger partial charge on any atom is -0.478 e. The Balaban J connectivity index is 2.44. The van der Waals surface area contributed by atoms with Gasteiger partial charge in [0.05, 0.1) is 9.21 Å². The van der Waals surface area contributed by atoms with Crippen LogP contribution in [0.1, 0.15) is 24.2 Å². The quantitative estimate of drug-likeness (QED) is 0.933. The average Bonchev–Trinajstić information content (AvgIpc) is 2.83. The fraction of sp³-hybridized carbons (Fsp3) is 0.333. The van der Waals surface area contributed by atoms with Crippen LogP contribution < -0.4 is 0 Å². The van der Waals surface area contributed by atoms with Crippen LogP contribution in [-0.4, -0.2) is 20.9 Å². The zero-order valence-electron chi connectivity index (χ0n) is 10.1. The van der Waals surface area contributed by atoms with Gasteiger partial charge in [0.1, 0.15) is 11.3 Å². The monoisotopic (exact) mass is 284 g/mol. The molecule has 4 nitrogen and oxygen atoms in total. The number of thiophene rings is 1. The second kappa shape index (κ2) is 5.12. The third-order valence-corrected chi connectivity index (χ3v) is 3.59. The lowest BCUT2D eigenvalue weighted by molar-refractivity contribution is 0.0697. The molecule has 0 atom stereocenters. The van der Waals surface area contributed by atoms with Crippen molar-refractivity contribution in [1.29, 1.82) is 0 Å². The second-order valence-corrected chi connectivity index (χ2v) is 6.13. The standard InChI is InChI=1S/C12H13ClN2O2S/c1-7(2)5-15-6-8(12(16)17)11(14-15)9-3-4-10(13)18-9/h3-4,6-7H,5H2,1-2H3,(H,16,17). The summed E-state index contributed by atoms with van der Waals surface area (Å²) in [6, 6.07) is 3.54. The van der Waals surface area contributed by atoms with Crippen LogP contribution in [0.4, 0.5) is 0 Å². The summed E-state index contributed by atoms with van der Waals surface area (Å²) < 4.78 is 2.30. The number of halogens is 1. The van der Waals surface area contributed by atoms with Gasteiger partial charge in [0, 0.05) is 12.7 Å². The molecule has 1 N–H and O–H groups in total. The third-order valence-electron chi connectivity index (χ3n) is 2.35. The van der Waals surface area contributed by atoms with E-state index in [9.17, 15) is 9.90 Å². The fourth-order valence-electron chi connectivity index (χ4n) is 1.67. The van der Waals surface area contributed by atoms with Crippen molar-refractivity contribution in [3.63, 3.8) is 0 Å². The van der Waals surface area contributed by atoms with Crippen molar-refractivity contribution in [2.75, 3.05) is 0 Å². The van der Waals surface area contributed by atoms with Crippen LogP contribution in [0.25, 0.3) is 10.6 Å². The minimum atomic E-state index is -0.968. The van der Waals surface area contributed by atoms with Crippen molar-refractivity contribution >= 4 is 28.9 Å². The summed E-state index contributed by atoms with van der Waals surface area (Å²) in [6.07, 6.45) is 1.57. The molecule has 2 aromatic heterocycles. The van der Waals surface area contributed by atoms with E-state index in [0.717, 1.165) is 4.88 Å². The summed E-state index contributed by atoms with van der Waals surface area (Å²) in [7, 11) is 0. The highest BCUT2D eigenvalue weighted by Gasteiger charge is 2.18. The molecule has 0 bridgehead atoms. The van der Waals surface area contributed by atoms with E-state index in [1.807, 2.05) is 0 Å². The third kappa shape index (κ3) is 2.73. The number of carbonyl (C=O) groups is 1. The fourth-order valence-corrected chi connectivity index (χ4v) is 2.71. The predicted molar refractivity (Wildman–Crippen MR) is 72.3 cm³/mol. The Morgan fingerprint density at radius 1 is 1.56 bits per heavy atom. The molecule has 0 spiro atoms. The van der Waals surface area contributed by atoms with E-state index in [-0.39, 0.29) is 5.56 Å². The molecule has 0 saturated heterocycles. The Hall–Kier alpha value is -1.33. The Bertz CT molecular complexity index is 574. The lowest BCUT2D eigenvalue weighted by atomic mass is 10.2. The molecule has 2 aromatic rings. The minimum absolute atomic E-state index is 0.217. The van der Waals surface area contributed by atoms with E-state index < -0.39 is 5.97 Å². The van der Waals surface area contributed by atoms with Crippen molar-refractivity contribution in [3.05, 3.63) is 28.2 Å². The molecule has 6 heteroatoms. The summed E-state index contributed by atoms with van der Waals surface area (Å²) in [4.78, 5) is 12.0. The van der Waals surface area contributed by atoms with Crippen molar-refractivity contribution < 1.29 is 9.90 Å². The van der Waals surface area contributed by atoms with Crippen molar-refractivity contribution in [2.24, 2.45) is 5.92 Å². The van der Waals surface area contributed by atoms with E-state index in [1.54, 1.807) is 23.0 Å². The van der Waals surface area contributed by atoms with Crippen molar-refractivity contribution in [2.45, 2.75) is 20.4 Å². The Morgan fingerprint density at radius 2 is 2.28 bits per heavy atom. The lowest BCUT2D eigenvalue weighted by Gasteiger charge is -2.03. The number of aromatic nitrogens is 2. The number of nitrogens with zero attached hydrogens (tertiary/aromatic N) is 2. The van der Waals surface area contributed by atoms with Crippen molar-refractivity contribution in [1.82, 2.24) is 9.78 Å². The molecular weight excluding hydrogens is 272 g/mol. The number of hydrogen-bond acceptors (Lipinski definition) is 3. The molecule has 96 valence electrons. The zero-order chi connectivity index (χ0) is 13.3. The number of rotatable bonds is 4. The highest BCUT2D eigenvalue weighted by atomic mass is 35.5. The molecule has 0 aromatic carbocycles. The Morgan fingerprint density at radius 3 is 2.78 bits per heavy atom. The van der Waals surface area contributed by atoms with E-state index in [1.165, 1.54) is 11.3 Å². The Labute approximate surface area is 114 Å². The first-order valence-electron chi connectivity index (χ1n) is 5.54. The molecule has 0 radical (unpaired) electrons. The normalized spacial score (nSPS) is 11.1. The Kier molecular flexibility index (Phi) is 3.73. The molecule has 0 aliphatic carbocycles. The maximum Gasteiger partial charge on any atom is 0.339 e. The molecule has 18 heavy (non-hydrogen) atoms. The lowest BCUT2D eigenvalue weighted by Crippen LogP contribution is -2.04.